The van der Waals surface area contributed by atoms with Crippen molar-refractivity contribution in [3.8, 4) is 11.5 Å². The maximum absolute atomic E-state index is 12.4. The van der Waals surface area contributed by atoms with Crippen molar-refractivity contribution in [1.29, 1.82) is 0 Å². The van der Waals surface area contributed by atoms with Crippen molar-refractivity contribution in [3.05, 3.63) is 18.2 Å². The Kier molecular flexibility index (Phi) is 5.50. The van der Waals surface area contributed by atoms with E-state index in [9.17, 15) is 14.4 Å². The number of ether oxygens (including phenoxy) is 3. The van der Waals surface area contributed by atoms with Gasteiger partial charge >= 0.3 is 5.97 Å². The van der Waals surface area contributed by atoms with Gasteiger partial charge in [0, 0.05) is 23.9 Å². The van der Waals surface area contributed by atoms with Crippen LogP contribution in [0.25, 0.3) is 0 Å². The lowest BCUT2D eigenvalue weighted by Crippen LogP contribution is -2.47. The molecule has 0 bridgehead atoms. The second-order valence-corrected chi connectivity index (χ2v) is 7.99. The summed E-state index contributed by atoms with van der Waals surface area (Å²) in [6, 6.07) is 4.29. The van der Waals surface area contributed by atoms with Crippen molar-refractivity contribution >= 4 is 35.2 Å². The second kappa shape index (κ2) is 7.67. The predicted molar refractivity (Wildman–Crippen MR) is 99.9 cm³/mol. The first-order valence-electron chi connectivity index (χ1n) is 8.52. The van der Waals surface area contributed by atoms with Crippen molar-refractivity contribution in [3.63, 3.8) is 0 Å². The maximum Gasteiger partial charge on any atom is 0.330 e. The number of carbonyl (C=O) groups is 3. The molecule has 9 heteroatoms. The number of methoxy groups -OCH3 is 2. The number of anilines is 1. The second-order valence-electron chi connectivity index (χ2n) is 6.49. The highest BCUT2D eigenvalue weighted by Crippen LogP contribution is 2.47. The van der Waals surface area contributed by atoms with Gasteiger partial charge in [-0.2, -0.15) is 0 Å². The summed E-state index contributed by atoms with van der Waals surface area (Å²) in [6.45, 7) is 1.53. The number of hydrogen-bond acceptors (Lipinski definition) is 7. The summed E-state index contributed by atoms with van der Waals surface area (Å²) in [5.41, 5.74) is 0.493. The van der Waals surface area contributed by atoms with Crippen LogP contribution in [0.2, 0.25) is 0 Å². The maximum atomic E-state index is 12.4. The van der Waals surface area contributed by atoms with E-state index in [2.05, 4.69) is 5.32 Å². The number of nitrogens with one attached hydrogen (secondary N) is 1. The first-order chi connectivity index (χ1) is 12.9. The lowest BCUT2D eigenvalue weighted by molar-refractivity contribution is -0.155. The summed E-state index contributed by atoms with van der Waals surface area (Å²) in [5.74, 6) is 0.430. The molecule has 2 fully saturated rings. The number of carbonyl (C=O) groups excluding carboxylic acids is 3. The Morgan fingerprint density at radius 2 is 2.04 bits per heavy atom. The van der Waals surface area contributed by atoms with Crippen LogP contribution in [-0.2, 0) is 19.1 Å². The summed E-state index contributed by atoms with van der Waals surface area (Å²) in [7, 11) is 3.02. The third-order valence-corrected chi connectivity index (χ3v) is 6.23. The van der Waals surface area contributed by atoms with Crippen LogP contribution in [0.3, 0.4) is 0 Å². The molecule has 3 rings (SSSR count). The van der Waals surface area contributed by atoms with E-state index in [1.54, 1.807) is 34.9 Å². The van der Waals surface area contributed by atoms with Crippen LogP contribution in [0.15, 0.2) is 18.2 Å². The van der Waals surface area contributed by atoms with Crippen LogP contribution in [0.1, 0.15) is 19.8 Å². The van der Waals surface area contributed by atoms with Gasteiger partial charge in [0.2, 0.25) is 5.91 Å². The van der Waals surface area contributed by atoms with E-state index < -0.39 is 24.5 Å². The van der Waals surface area contributed by atoms with Crippen molar-refractivity contribution in [1.82, 2.24) is 4.90 Å². The highest BCUT2D eigenvalue weighted by Gasteiger charge is 2.53. The van der Waals surface area contributed by atoms with Gasteiger partial charge in [0.1, 0.15) is 6.04 Å². The van der Waals surface area contributed by atoms with Crippen LogP contribution in [0.5, 0.6) is 11.5 Å². The topological polar surface area (TPSA) is 94.2 Å². The molecule has 2 aliphatic heterocycles. The number of thioether (sulfide) groups is 1. The average Bonchev–Trinajstić information content (AvgIpc) is 3.15. The highest BCUT2D eigenvalue weighted by molar-refractivity contribution is 8.01. The summed E-state index contributed by atoms with van der Waals surface area (Å²) in [4.78, 5) is 37.8. The Hall–Kier alpha value is -2.42. The van der Waals surface area contributed by atoms with Crippen molar-refractivity contribution < 1.29 is 28.6 Å². The van der Waals surface area contributed by atoms with Crippen molar-refractivity contribution in [2.45, 2.75) is 30.7 Å². The Balaban J connectivity index is 1.55. The minimum Gasteiger partial charge on any atom is -0.493 e. The van der Waals surface area contributed by atoms with E-state index in [1.807, 2.05) is 6.92 Å². The summed E-state index contributed by atoms with van der Waals surface area (Å²) in [5, 5.41) is 2.64. The zero-order chi connectivity index (χ0) is 19.6. The Morgan fingerprint density at radius 3 is 2.74 bits per heavy atom. The first kappa shape index (κ1) is 19.3. The molecule has 27 heavy (non-hydrogen) atoms. The van der Waals surface area contributed by atoms with Crippen LogP contribution >= 0.6 is 11.8 Å². The molecule has 2 aliphatic rings. The minimum absolute atomic E-state index is 0.0424. The third kappa shape index (κ3) is 3.83. The largest absolute Gasteiger partial charge is 0.493 e. The van der Waals surface area contributed by atoms with Crippen LogP contribution < -0.4 is 14.8 Å². The van der Waals surface area contributed by atoms with Gasteiger partial charge < -0.3 is 24.4 Å². The third-order valence-electron chi connectivity index (χ3n) is 4.73. The minimum atomic E-state index is -0.635. The number of hydrogen-bond donors (Lipinski definition) is 1. The van der Waals surface area contributed by atoms with E-state index >= 15 is 0 Å². The normalized spacial score (nSPS) is 23.7. The van der Waals surface area contributed by atoms with Crippen molar-refractivity contribution in [2.75, 3.05) is 31.9 Å². The highest BCUT2D eigenvalue weighted by atomic mass is 32.2. The first-order valence-corrected chi connectivity index (χ1v) is 9.51. The van der Waals surface area contributed by atoms with Gasteiger partial charge in [-0.3, -0.25) is 9.59 Å². The van der Waals surface area contributed by atoms with Gasteiger partial charge in [0.05, 0.1) is 19.1 Å². The number of rotatable bonds is 6. The fourth-order valence-corrected chi connectivity index (χ4v) is 4.76. The van der Waals surface area contributed by atoms with Gasteiger partial charge in [-0.25, -0.2) is 4.79 Å². The number of nitrogens with zero attached hydrogens (tertiary/aromatic N) is 1. The molecular formula is C18H22N2O6S. The van der Waals surface area contributed by atoms with Gasteiger partial charge in [0.15, 0.2) is 18.1 Å². The molecule has 0 saturated carbocycles. The zero-order valence-electron chi connectivity index (χ0n) is 15.4. The molecule has 1 aromatic rings. The average molecular weight is 394 g/mol. The van der Waals surface area contributed by atoms with Gasteiger partial charge in [-0.05, 0) is 25.5 Å². The lowest BCUT2D eigenvalue weighted by atomic mass is 10.2. The summed E-state index contributed by atoms with van der Waals surface area (Å²) < 4.78 is 15.5. The van der Waals surface area contributed by atoms with Gasteiger partial charge in [-0.15, -0.1) is 11.8 Å². The molecule has 2 saturated heterocycles. The molecule has 0 aromatic heterocycles. The lowest BCUT2D eigenvalue weighted by Gasteiger charge is -2.29. The number of fused-ring (bicyclic) bond motifs is 1. The molecule has 8 nitrogen and oxygen atoms in total. The smallest absolute Gasteiger partial charge is 0.330 e. The Labute approximate surface area is 161 Å². The van der Waals surface area contributed by atoms with Crippen LogP contribution in [0, 0.1) is 0 Å². The van der Waals surface area contributed by atoms with Gasteiger partial charge in [0.25, 0.3) is 5.91 Å². The van der Waals surface area contributed by atoms with Crippen LogP contribution in [-0.4, -0.2) is 60.2 Å². The zero-order valence-corrected chi connectivity index (χ0v) is 16.3. The molecule has 0 aliphatic carbocycles. The van der Waals surface area contributed by atoms with Crippen molar-refractivity contribution in [2.24, 2.45) is 0 Å². The Morgan fingerprint density at radius 1 is 1.30 bits per heavy atom. The van der Waals surface area contributed by atoms with E-state index in [0.29, 0.717) is 29.4 Å². The number of amides is 2. The monoisotopic (exact) mass is 394 g/mol. The molecule has 1 aromatic carbocycles. The van der Waals surface area contributed by atoms with Gasteiger partial charge in [-0.1, -0.05) is 0 Å². The standard InChI is InChI=1S/C18H22N2O6S/c1-18-7-6-16(22)20(18)12(10-27-18)17(23)26-9-15(21)19-11-4-5-13(24-2)14(8-11)25-3/h4-5,8,12H,6-7,9-10H2,1-3H3,(H,19,21)/t12-,18-/m1/s1. The molecule has 2 heterocycles. The molecular weight excluding hydrogens is 372 g/mol. The quantitative estimate of drug-likeness (QED) is 0.733. The molecule has 0 unspecified atom stereocenters. The fourth-order valence-electron chi connectivity index (χ4n) is 3.34. The molecule has 2 atom stereocenters. The number of esters is 1. The predicted octanol–water partition coefficient (Wildman–Crippen LogP) is 1.64. The van der Waals surface area contributed by atoms with E-state index in [1.165, 1.54) is 14.2 Å². The molecule has 0 spiro atoms. The Bertz CT molecular complexity index is 770. The number of benzene rings is 1. The van der Waals surface area contributed by atoms with E-state index in [4.69, 9.17) is 14.2 Å². The fraction of sp³-hybridized carbons (Fsp3) is 0.500. The van der Waals surface area contributed by atoms with E-state index in [0.717, 1.165) is 6.42 Å². The molecule has 2 amide bonds. The summed E-state index contributed by atoms with van der Waals surface area (Å²) in [6.07, 6.45) is 1.16. The molecule has 1 N–H and O–H groups in total. The summed E-state index contributed by atoms with van der Waals surface area (Å²) >= 11 is 1.58. The molecule has 0 radical (unpaired) electrons. The SMILES string of the molecule is COc1ccc(NC(=O)COC(=O)[C@H]2CS[C@]3(C)CCC(=O)N23)cc1OC. The van der Waals surface area contributed by atoms with Crippen LogP contribution in [0.4, 0.5) is 5.69 Å². The van der Waals surface area contributed by atoms with E-state index in [-0.39, 0.29) is 10.8 Å². The molecule has 146 valence electrons.